The molecular formula is C23H22ClN3O4S. The van der Waals surface area contributed by atoms with Crippen LogP contribution in [-0.2, 0) is 27.8 Å². The van der Waals surface area contributed by atoms with E-state index in [0.717, 1.165) is 11.1 Å². The first-order valence-electron chi connectivity index (χ1n) is 9.72. The van der Waals surface area contributed by atoms with Crippen LogP contribution in [0, 0.1) is 6.92 Å². The molecule has 3 aromatic rings. The first kappa shape index (κ1) is 23.5. The Labute approximate surface area is 191 Å². The van der Waals surface area contributed by atoms with E-state index in [1.54, 1.807) is 37.3 Å². The quantitative estimate of drug-likeness (QED) is 0.460. The average molecular weight is 472 g/mol. The molecule has 3 rings (SSSR count). The van der Waals surface area contributed by atoms with Gasteiger partial charge in [-0.1, -0.05) is 60.1 Å². The Kier molecular flexibility index (Phi) is 7.63. The summed E-state index contributed by atoms with van der Waals surface area (Å²) in [6.45, 7) is 1.77. The Morgan fingerprint density at radius 2 is 1.56 bits per heavy atom. The maximum atomic E-state index is 12.8. The fourth-order valence-corrected chi connectivity index (χ4v) is 4.33. The minimum Gasteiger partial charge on any atom is -0.273 e. The van der Waals surface area contributed by atoms with Crippen molar-refractivity contribution in [2.45, 2.75) is 24.8 Å². The fourth-order valence-electron chi connectivity index (χ4n) is 2.91. The lowest BCUT2D eigenvalue weighted by Gasteiger charge is -2.12. The zero-order chi connectivity index (χ0) is 23.1. The summed E-state index contributed by atoms with van der Waals surface area (Å²) in [6.07, 6.45) is 0.0500. The molecule has 0 aliphatic carbocycles. The second kappa shape index (κ2) is 10.4. The molecule has 0 aromatic heterocycles. The van der Waals surface area contributed by atoms with Crippen LogP contribution in [0.1, 0.15) is 27.0 Å². The van der Waals surface area contributed by atoms with Gasteiger partial charge in [-0.05, 0) is 47.9 Å². The number of rotatable bonds is 7. The molecule has 2 amide bonds. The lowest BCUT2D eigenvalue weighted by atomic mass is 10.1. The summed E-state index contributed by atoms with van der Waals surface area (Å²) in [7, 11) is -3.85. The molecule has 0 bridgehead atoms. The largest absolute Gasteiger partial charge is 0.273 e. The van der Waals surface area contributed by atoms with Gasteiger partial charge in [0.25, 0.3) is 5.91 Å². The van der Waals surface area contributed by atoms with Crippen LogP contribution in [0.5, 0.6) is 0 Å². The second-order valence-electron chi connectivity index (χ2n) is 7.10. The molecule has 3 aromatic carbocycles. The van der Waals surface area contributed by atoms with Gasteiger partial charge < -0.3 is 0 Å². The number of halogens is 1. The molecular weight excluding hydrogens is 450 g/mol. The molecule has 3 N–H and O–H groups in total. The number of nitrogens with one attached hydrogen (secondary N) is 3. The van der Waals surface area contributed by atoms with Gasteiger partial charge in [0, 0.05) is 17.1 Å². The van der Waals surface area contributed by atoms with E-state index in [4.69, 9.17) is 11.6 Å². The summed E-state index contributed by atoms with van der Waals surface area (Å²) in [5.41, 5.74) is 6.77. The highest BCUT2D eigenvalue weighted by molar-refractivity contribution is 7.89. The molecule has 166 valence electrons. The molecule has 0 saturated heterocycles. The summed E-state index contributed by atoms with van der Waals surface area (Å²) >= 11 is 5.82. The monoisotopic (exact) mass is 471 g/mol. The number of sulfonamides is 1. The van der Waals surface area contributed by atoms with Gasteiger partial charge in [-0.2, -0.15) is 0 Å². The summed E-state index contributed by atoms with van der Waals surface area (Å²) in [5, 5.41) is 0.561. The summed E-state index contributed by atoms with van der Waals surface area (Å²) in [6, 6.07) is 20.2. The van der Waals surface area contributed by atoms with Crippen molar-refractivity contribution in [2.24, 2.45) is 0 Å². The van der Waals surface area contributed by atoms with Crippen molar-refractivity contribution in [1.82, 2.24) is 15.6 Å². The molecule has 0 unspecified atom stereocenters. The lowest BCUT2D eigenvalue weighted by Crippen LogP contribution is -2.42. The fraction of sp³-hybridized carbons (Fsp3) is 0.130. The number of hydrogen-bond acceptors (Lipinski definition) is 4. The van der Waals surface area contributed by atoms with Gasteiger partial charge in [0.2, 0.25) is 15.9 Å². The van der Waals surface area contributed by atoms with Crippen molar-refractivity contribution >= 4 is 33.4 Å². The predicted octanol–water partition coefficient (Wildman–Crippen LogP) is 3.13. The molecule has 0 aliphatic heterocycles. The first-order chi connectivity index (χ1) is 15.2. The SMILES string of the molecule is Cc1ccc(C(=O)NNC(=O)Cc2ccc(Cl)cc2)cc1S(=O)(=O)NCc1ccccc1. The third-order valence-electron chi connectivity index (χ3n) is 4.64. The van der Waals surface area contributed by atoms with Gasteiger partial charge in [0.05, 0.1) is 11.3 Å². The standard InChI is InChI=1S/C23H22ClN3O4S/c1-16-7-10-19(14-21(16)32(30,31)25-15-18-5-3-2-4-6-18)23(29)27-26-22(28)13-17-8-11-20(24)12-9-17/h2-12,14,25H,13,15H2,1H3,(H,26,28)(H,27,29). The van der Waals surface area contributed by atoms with E-state index >= 15 is 0 Å². The average Bonchev–Trinajstić information content (AvgIpc) is 2.78. The Bertz CT molecular complexity index is 1210. The van der Waals surface area contributed by atoms with E-state index in [0.29, 0.717) is 10.6 Å². The number of hydrogen-bond donors (Lipinski definition) is 3. The van der Waals surface area contributed by atoms with Crippen LogP contribution in [0.25, 0.3) is 0 Å². The summed E-state index contributed by atoms with van der Waals surface area (Å²) in [4.78, 5) is 24.5. The maximum Gasteiger partial charge on any atom is 0.269 e. The first-order valence-corrected chi connectivity index (χ1v) is 11.6. The van der Waals surface area contributed by atoms with Crippen molar-refractivity contribution in [1.29, 1.82) is 0 Å². The Balaban J connectivity index is 1.64. The normalized spacial score (nSPS) is 11.1. The summed E-state index contributed by atoms with van der Waals surface area (Å²) in [5.74, 6) is -1.06. The Morgan fingerprint density at radius 1 is 0.875 bits per heavy atom. The number of hydrazine groups is 1. The molecule has 0 heterocycles. The zero-order valence-corrected chi connectivity index (χ0v) is 18.8. The van der Waals surface area contributed by atoms with Crippen molar-refractivity contribution in [3.05, 3.63) is 100 Å². The van der Waals surface area contributed by atoms with E-state index in [9.17, 15) is 18.0 Å². The Hall–Kier alpha value is -3.20. The summed E-state index contributed by atoms with van der Waals surface area (Å²) < 4.78 is 28.1. The third-order valence-corrected chi connectivity index (χ3v) is 6.44. The molecule has 9 heteroatoms. The predicted molar refractivity (Wildman–Crippen MR) is 122 cm³/mol. The highest BCUT2D eigenvalue weighted by atomic mass is 35.5. The van der Waals surface area contributed by atoms with Crippen molar-refractivity contribution in [3.8, 4) is 0 Å². The van der Waals surface area contributed by atoms with Crippen LogP contribution in [-0.4, -0.2) is 20.2 Å². The molecule has 0 saturated carbocycles. The van der Waals surface area contributed by atoms with Gasteiger partial charge in [0.15, 0.2) is 0 Å². The number of carbonyl (C=O) groups is 2. The van der Waals surface area contributed by atoms with Crippen LogP contribution in [0.4, 0.5) is 0 Å². The minimum absolute atomic E-state index is 0.00595. The molecule has 0 radical (unpaired) electrons. The molecule has 0 spiro atoms. The molecule has 0 aliphatic rings. The highest BCUT2D eigenvalue weighted by Crippen LogP contribution is 2.18. The van der Waals surface area contributed by atoms with E-state index in [-0.39, 0.29) is 23.4 Å². The number of aryl methyl sites for hydroxylation is 1. The number of carbonyl (C=O) groups excluding carboxylic acids is 2. The zero-order valence-electron chi connectivity index (χ0n) is 17.3. The number of benzene rings is 3. The van der Waals surface area contributed by atoms with Gasteiger partial charge in [-0.15, -0.1) is 0 Å². The van der Waals surface area contributed by atoms with Crippen LogP contribution in [0.2, 0.25) is 5.02 Å². The molecule has 7 nitrogen and oxygen atoms in total. The lowest BCUT2D eigenvalue weighted by molar-refractivity contribution is -0.121. The highest BCUT2D eigenvalue weighted by Gasteiger charge is 2.19. The smallest absolute Gasteiger partial charge is 0.269 e. The van der Waals surface area contributed by atoms with E-state index in [2.05, 4.69) is 15.6 Å². The van der Waals surface area contributed by atoms with Crippen molar-refractivity contribution < 1.29 is 18.0 Å². The topological polar surface area (TPSA) is 104 Å². The van der Waals surface area contributed by atoms with Crippen LogP contribution in [0.3, 0.4) is 0 Å². The number of amides is 2. The van der Waals surface area contributed by atoms with Crippen LogP contribution < -0.4 is 15.6 Å². The molecule has 0 atom stereocenters. The second-order valence-corrected chi connectivity index (χ2v) is 9.27. The third kappa shape index (κ3) is 6.40. The van der Waals surface area contributed by atoms with Crippen LogP contribution in [0.15, 0.2) is 77.7 Å². The minimum atomic E-state index is -3.85. The van der Waals surface area contributed by atoms with Crippen molar-refractivity contribution in [3.63, 3.8) is 0 Å². The van der Waals surface area contributed by atoms with Crippen LogP contribution >= 0.6 is 11.6 Å². The van der Waals surface area contributed by atoms with Gasteiger partial charge in [-0.3, -0.25) is 20.4 Å². The van der Waals surface area contributed by atoms with Crippen molar-refractivity contribution in [2.75, 3.05) is 0 Å². The van der Waals surface area contributed by atoms with Gasteiger partial charge in [0.1, 0.15) is 0 Å². The molecule has 32 heavy (non-hydrogen) atoms. The van der Waals surface area contributed by atoms with Gasteiger partial charge in [-0.25, -0.2) is 13.1 Å². The molecule has 0 fully saturated rings. The van der Waals surface area contributed by atoms with E-state index in [1.165, 1.54) is 12.1 Å². The van der Waals surface area contributed by atoms with Gasteiger partial charge >= 0.3 is 0 Å². The maximum absolute atomic E-state index is 12.8. The van der Waals surface area contributed by atoms with E-state index in [1.807, 2.05) is 30.3 Å². The Morgan fingerprint density at radius 3 is 2.25 bits per heavy atom. The van der Waals surface area contributed by atoms with E-state index < -0.39 is 21.8 Å².